The molecule has 9 nitrogen and oxygen atoms in total. The first-order valence-electron chi connectivity index (χ1n) is 14.2. The van der Waals surface area contributed by atoms with Crippen LogP contribution in [0.25, 0.3) is 0 Å². The largest absolute Gasteiger partial charge is 0.388 e. The minimum atomic E-state index is -0.825. The Balaban J connectivity index is 1.33. The third-order valence-electron chi connectivity index (χ3n) is 10.0. The molecule has 3 N–H and O–H groups in total. The van der Waals surface area contributed by atoms with E-state index in [1.54, 1.807) is 9.80 Å². The average Bonchev–Trinajstić information content (AvgIpc) is 3.14. The van der Waals surface area contributed by atoms with Gasteiger partial charge in [0.2, 0.25) is 11.8 Å². The molecule has 2 aliphatic heterocycles. The van der Waals surface area contributed by atoms with Gasteiger partial charge in [0.1, 0.15) is 6.54 Å². The molecule has 5 rings (SSSR count). The lowest BCUT2D eigenvalue weighted by molar-refractivity contribution is -0.135. The highest BCUT2D eigenvalue weighted by Crippen LogP contribution is 2.50. The Morgan fingerprint density at radius 2 is 1.66 bits per heavy atom. The van der Waals surface area contributed by atoms with Crippen LogP contribution in [0.5, 0.6) is 0 Å². The van der Waals surface area contributed by atoms with Gasteiger partial charge in [-0.05, 0) is 77.4 Å². The van der Waals surface area contributed by atoms with E-state index in [0.29, 0.717) is 51.9 Å². The molecule has 4 fully saturated rings. The molecule has 0 aromatic heterocycles. The van der Waals surface area contributed by atoms with Crippen molar-refractivity contribution in [3.05, 3.63) is 35.9 Å². The minimum Gasteiger partial charge on any atom is -0.388 e. The monoisotopic (exact) mass is 525 g/mol. The second-order valence-corrected chi connectivity index (χ2v) is 12.4. The van der Waals surface area contributed by atoms with E-state index in [9.17, 15) is 19.5 Å². The van der Waals surface area contributed by atoms with E-state index in [1.807, 2.05) is 11.0 Å². The number of amides is 4. The lowest BCUT2D eigenvalue weighted by Crippen LogP contribution is -2.59. The highest BCUT2D eigenvalue weighted by molar-refractivity contribution is 5.86. The molecule has 1 aromatic carbocycles. The Kier molecular flexibility index (Phi) is 7.20. The SMILES string of the molecule is CN(C)[C@]1(c2ccccc2)CC[C@]2(CC1)CN(CC(=O)N1CCC(C(N)=O)CC1)C(=O)N2CC1(O)CCC1. The maximum atomic E-state index is 13.8. The van der Waals surface area contributed by atoms with Crippen LogP contribution >= 0.6 is 0 Å². The quantitative estimate of drug-likeness (QED) is 0.567. The normalized spacial score (nSPS) is 29.7. The molecule has 0 unspecified atom stereocenters. The van der Waals surface area contributed by atoms with Crippen molar-refractivity contribution in [1.82, 2.24) is 19.6 Å². The highest BCUT2D eigenvalue weighted by atomic mass is 16.3. The standard InChI is InChI=1S/C29H43N5O4/c1-31(2)29(23-7-4-3-5-8-23)15-13-27(14-16-29)20-33(26(37)34(27)21-28(38)11-6-12-28)19-24(35)32-17-9-22(10-18-32)25(30)36/h3-5,7-8,22,38H,6,9-21H2,1-2H3,(H2,30,36)/t27-,29+. The van der Waals surface area contributed by atoms with E-state index < -0.39 is 11.1 Å². The summed E-state index contributed by atoms with van der Waals surface area (Å²) in [6.07, 6.45) is 6.98. The van der Waals surface area contributed by atoms with Gasteiger partial charge in [0.25, 0.3) is 0 Å². The summed E-state index contributed by atoms with van der Waals surface area (Å²) in [7, 11) is 4.26. The number of nitrogens with two attached hydrogens (primary N) is 1. The second kappa shape index (κ2) is 10.2. The maximum Gasteiger partial charge on any atom is 0.321 e. The van der Waals surface area contributed by atoms with E-state index in [1.165, 1.54) is 5.56 Å². The van der Waals surface area contributed by atoms with E-state index in [-0.39, 0.29) is 35.8 Å². The second-order valence-electron chi connectivity index (χ2n) is 12.4. The zero-order valence-electron chi connectivity index (χ0n) is 22.9. The molecule has 2 saturated heterocycles. The molecular formula is C29H43N5O4. The lowest BCUT2D eigenvalue weighted by atomic mass is 9.67. The predicted molar refractivity (Wildman–Crippen MR) is 144 cm³/mol. The first-order chi connectivity index (χ1) is 18.1. The van der Waals surface area contributed by atoms with Crippen LogP contribution in [-0.4, -0.2) is 101 Å². The minimum absolute atomic E-state index is 0.0360. The molecule has 2 heterocycles. The number of likely N-dealkylation sites (tertiary alicyclic amines) is 1. The summed E-state index contributed by atoms with van der Waals surface area (Å²) in [4.78, 5) is 46.3. The van der Waals surface area contributed by atoms with E-state index >= 15 is 0 Å². The van der Waals surface area contributed by atoms with Crippen LogP contribution in [-0.2, 0) is 15.1 Å². The third kappa shape index (κ3) is 4.79. The summed E-state index contributed by atoms with van der Waals surface area (Å²) < 4.78 is 0. The van der Waals surface area contributed by atoms with Crippen LogP contribution in [0.15, 0.2) is 30.3 Å². The average molecular weight is 526 g/mol. The van der Waals surface area contributed by atoms with Crippen molar-refractivity contribution in [1.29, 1.82) is 0 Å². The topological polar surface area (TPSA) is 110 Å². The number of urea groups is 1. The van der Waals surface area contributed by atoms with Crippen molar-refractivity contribution in [2.75, 3.05) is 46.8 Å². The Morgan fingerprint density at radius 1 is 1.03 bits per heavy atom. The van der Waals surface area contributed by atoms with Crippen LogP contribution in [0.2, 0.25) is 0 Å². The van der Waals surface area contributed by atoms with Crippen molar-refractivity contribution in [2.24, 2.45) is 11.7 Å². The van der Waals surface area contributed by atoms with Gasteiger partial charge in [-0.15, -0.1) is 0 Å². The van der Waals surface area contributed by atoms with E-state index in [2.05, 4.69) is 43.3 Å². The van der Waals surface area contributed by atoms with Crippen molar-refractivity contribution in [3.8, 4) is 0 Å². The van der Waals surface area contributed by atoms with Crippen molar-refractivity contribution in [2.45, 2.75) is 74.5 Å². The Labute approximate surface area is 225 Å². The fourth-order valence-electron chi connectivity index (χ4n) is 7.25. The van der Waals surface area contributed by atoms with Crippen LogP contribution in [0, 0.1) is 5.92 Å². The molecule has 4 aliphatic rings. The first kappa shape index (κ1) is 26.9. The number of carbonyl (C=O) groups excluding carboxylic acids is 3. The zero-order valence-corrected chi connectivity index (χ0v) is 22.9. The Hall–Kier alpha value is -2.65. The maximum absolute atomic E-state index is 13.8. The number of piperidine rings is 1. The number of rotatable bonds is 7. The highest BCUT2D eigenvalue weighted by Gasteiger charge is 2.56. The van der Waals surface area contributed by atoms with Gasteiger partial charge in [-0.1, -0.05) is 30.3 Å². The number of hydrogen-bond donors (Lipinski definition) is 2. The summed E-state index contributed by atoms with van der Waals surface area (Å²) in [5, 5.41) is 11.1. The molecular weight excluding hydrogens is 482 g/mol. The molecule has 2 saturated carbocycles. The smallest absolute Gasteiger partial charge is 0.321 e. The number of hydrogen-bond acceptors (Lipinski definition) is 5. The van der Waals surface area contributed by atoms with Gasteiger partial charge in [0.05, 0.1) is 17.7 Å². The summed E-state index contributed by atoms with van der Waals surface area (Å²) >= 11 is 0. The van der Waals surface area contributed by atoms with Gasteiger partial charge in [0, 0.05) is 31.1 Å². The van der Waals surface area contributed by atoms with E-state index in [4.69, 9.17) is 5.73 Å². The number of carbonyl (C=O) groups is 3. The van der Waals surface area contributed by atoms with Gasteiger partial charge < -0.3 is 25.5 Å². The third-order valence-corrected chi connectivity index (χ3v) is 10.0. The summed E-state index contributed by atoms with van der Waals surface area (Å²) in [5.74, 6) is -0.568. The molecule has 1 aromatic rings. The van der Waals surface area contributed by atoms with Crippen molar-refractivity contribution >= 4 is 17.8 Å². The summed E-state index contributed by atoms with van der Waals surface area (Å²) in [6.45, 7) is 1.86. The number of primary amides is 1. The van der Waals surface area contributed by atoms with Crippen LogP contribution in [0.3, 0.4) is 0 Å². The molecule has 0 radical (unpaired) electrons. The fraction of sp³-hybridized carbons (Fsp3) is 0.690. The molecule has 208 valence electrons. The Bertz CT molecular complexity index is 1040. The molecule has 9 heteroatoms. The van der Waals surface area contributed by atoms with Gasteiger partial charge in [-0.2, -0.15) is 0 Å². The van der Waals surface area contributed by atoms with Gasteiger partial charge >= 0.3 is 6.03 Å². The van der Waals surface area contributed by atoms with Gasteiger partial charge in [0.15, 0.2) is 0 Å². The van der Waals surface area contributed by atoms with Crippen LogP contribution in [0.1, 0.15) is 63.4 Å². The van der Waals surface area contributed by atoms with Crippen LogP contribution in [0.4, 0.5) is 4.79 Å². The zero-order chi connectivity index (χ0) is 27.1. The molecule has 2 aliphatic carbocycles. The summed E-state index contributed by atoms with van der Waals surface area (Å²) in [6, 6.07) is 10.5. The van der Waals surface area contributed by atoms with Crippen molar-refractivity contribution < 1.29 is 19.5 Å². The molecule has 0 bridgehead atoms. The van der Waals surface area contributed by atoms with Gasteiger partial charge in [-0.3, -0.25) is 14.5 Å². The number of aliphatic hydroxyl groups is 1. The van der Waals surface area contributed by atoms with Gasteiger partial charge in [-0.25, -0.2) is 4.79 Å². The molecule has 4 amide bonds. The molecule has 38 heavy (non-hydrogen) atoms. The fourth-order valence-corrected chi connectivity index (χ4v) is 7.25. The lowest BCUT2D eigenvalue weighted by Gasteiger charge is -2.52. The van der Waals surface area contributed by atoms with Crippen LogP contribution < -0.4 is 5.73 Å². The van der Waals surface area contributed by atoms with Crippen molar-refractivity contribution in [3.63, 3.8) is 0 Å². The summed E-state index contributed by atoms with van der Waals surface area (Å²) in [5.41, 5.74) is 5.42. The van der Waals surface area contributed by atoms with E-state index in [0.717, 1.165) is 32.1 Å². The number of β-amino-alcohol motifs (C(OH)–C–C–N with tert-alkyl or cyclic N) is 1. The number of benzene rings is 1. The molecule has 0 atom stereocenters. The predicted octanol–water partition coefficient (Wildman–Crippen LogP) is 2.13. The molecule has 1 spiro atoms. The first-order valence-corrected chi connectivity index (χ1v) is 14.2. The number of nitrogens with zero attached hydrogens (tertiary/aromatic N) is 4. The Morgan fingerprint density at radius 3 is 2.18 bits per heavy atom.